The molecule has 1 N–H and O–H groups in total. The Morgan fingerprint density at radius 2 is 2.13 bits per heavy atom. The van der Waals surface area contributed by atoms with Gasteiger partial charge in [-0.25, -0.2) is 4.79 Å². The highest BCUT2D eigenvalue weighted by Crippen LogP contribution is 2.44. The summed E-state index contributed by atoms with van der Waals surface area (Å²) in [5.74, 6) is -1.38. The molecule has 0 bridgehead atoms. The largest absolute Gasteiger partial charge is 0.392 e. The fraction of sp³-hybridized carbons (Fsp3) is 0.625. The number of likely N-dealkylation sites (tertiary alicyclic amines) is 1. The van der Waals surface area contributed by atoms with Crippen molar-refractivity contribution < 1.29 is 18.0 Å². The molecule has 7 heteroatoms. The van der Waals surface area contributed by atoms with Gasteiger partial charge in [0.1, 0.15) is 0 Å². The number of urea groups is 1. The van der Waals surface area contributed by atoms with Crippen LogP contribution in [0.25, 0.3) is 0 Å². The summed E-state index contributed by atoms with van der Waals surface area (Å²) in [6, 6.07) is 5.16. The van der Waals surface area contributed by atoms with Crippen molar-refractivity contribution >= 4 is 6.03 Å². The summed E-state index contributed by atoms with van der Waals surface area (Å²) >= 11 is 0. The van der Waals surface area contributed by atoms with E-state index < -0.39 is 17.5 Å². The lowest BCUT2D eigenvalue weighted by molar-refractivity contribution is -0.214. The summed E-state index contributed by atoms with van der Waals surface area (Å²) in [6.07, 6.45) is -4.29. The van der Waals surface area contributed by atoms with Crippen LogP contribution in [0.2, 0.25) is 0 Å². The molecule has 23 heavy (non-hydrogen) atoms. The molecule has 0 saturated carbocycles. The molecule has 128 valence electrons. The smallest absolute Gasteiger partial charge is 0.332 e. The van der Waals surface area contributed by atoms with Gasteiger partial charge in [-0.3, -0.25) is 4.98 Å². The zero-order valence-corrected chi connectivity index (χ0v) is 13.6. The number of alkyl halides is 3. The van der Waals surface area contributed by atoms with Gasteiger partial charge in [0, 0.05) is 18.8 Å². The third-order valence-corrected chi connectivity index (χ3v) is 4.28. The predicted molar refractivity (Wildman–Crippen MR) is 80.7 cm³/mol. The van der Waals surface area contributed by atoms with E-state index in [4.69, 9.17) is 0 Å². The molecule has 1 aliphatic rings. The van der Waals surface area contributed by atoms with Crippen LogP contribution in [0.3, 0.4) is 0 Å². The first-order chi connectivity index (χ1) is 10.6. The number of nitrogens with zero attached hydrogens (tertiary/aromatic N) is 2. The summed E-state index contributed by atoms with van der Waals surface area (Å²) in [5, 5.41) is 2.73. The lowest BCUT2D eigenvalue weighted by Gasteiger charge is -2.44. The molecule has 1 aliphatic heterocycles. The van der Waals surface area contributed by atoms with Crippen LogP contribution in [-0.2, 0) is 6.54 Å². The van der Waals surface area contributed by atoms with Crippen LogP contribution in [0.1, 0.15) is 31.7 Å². The molecule has 1 aromatic rings. The van der Waals surface area contributed by atoms with Gasteiger partial charge < -0.3 is 10.2 Å². The second kappa shape index (κ2) is 6.37. The molecule has 4 nitrogen and oxygen atoms in total. The first kappa shape index (κ1) is 17.6. The molecule has 2 rings (SSSR count). The summed E-state index contributed by atoms with van der Waals surface area (Å²) in [5.41, 5.74) is 0.585. The van der Waals surface area contributed by atoms with Gasteiger partial charge in [0.2, 0.25) is 0 Å². The third kappa shape index (κ3) is 4.36. The number of hydrogen-bond donors (Lipinski definition) is 1. The van der Waals surface area contributed by atoms with Crippen LogP contribution in [0.4, 0.5) is 18.0 Å². The van der Waals surface area contributed by atoms with Crippen LogP contribution in [0.5, 0.6) is 0 Å². The fourth-order valence-corrected chi connectivity index (χ4v) is 3.11. The third-order valence-electron chi connectivity index (χ3n) is 4.28. The number of carbonyl (C=O) groups is 1. The maximum atomic E-state index is 13.0. The first-order valence-electron chi connectivity index (χ1n) is 7.61. The van der Waals surface area contributed by atoms with Crippen molar-refractivity contribution in [1.82, 2.24) is 15.2 Å². The number of pyridine rings is 1. The molecule has 1 unspecified atom stereocenters. The number of nitrogens with one attached hydrogen (secondary N) is 1. The highest BCUT2D eigenvalue weighted by atomic mass is 19.4. The quantitative estimate of drug-likeness (QED) is 0.902. The monoisotopic (exact) mass is 329 g/mol. The Kier molecular flexibility index (Phi) is 4.87. The Labute approximate surface area is 134 Å². The van der Waals surface area contributed by atoms with E-state index >= 15 is 0 Å². The molecule has 2 heterocycles. The number of hydrogen-bond acceptors (Lipinski definition) is 2. The van der Waals surface area contributed by atoms with Crippen molar-refractivity contribution in [2.24, 2.45) is 11.3 Å². The number of piperidine rings is 1. The molecule has 1 atom stereocenters. The van der Waals surface area contributed by atoms with Gasteiger partial charge in [0.25, 0.3) is 0 Å². The second-order valence-electron chi connectivity index (χ2n) is 6.72. The van der Waals surface area contributed by atoms with E-state index in [1.807, 2.05) is 19.1 Å². The standard InChI is InChI=1S/C16H22F3N3O/c1-11-5-4-6-12(21-11)9-20-14(23)22-8-7-13(16(17,18)19)15(2,3)10-22/h4-6,13H,7-10H2,1-3H3,(H,20,23). The summed E-state index contributed by atoms with van der Waals surface area (Å²) in [7, 11) is 0. The van der Waals surface area contributed by atoms with Gasteiger partial charge in [-0.2, -0.15) is 13.2 Å². The topological polar surface area (TPSA) is 45.2 Å². The molecule has 1 fully saturated rings. The van der Waals surface area contributed by atoms with E-state index in [9.17, 15) is 18.0 Å². The normalized spacial score (nSPS) is 21.1. The van der Waals surface area contributed by atoms with E-state index in [-0.39, 0.29) is 32.1 Å². The summed E-state index contributed by atoms with van der Waals surface area (Å²) < 4.78 is 39.1. The number of halogens is 3. The molecule has 0 radical (unpaired) electrons. The molecule has 1 aromatic heterocycles. The number of carbonyl (C=O) groups excluding carboxylic acids is 1. The minimum absolute atomic E-state index is 0.0629. The Bertz CT molecular complexity index is 572. The molecule has 0 aromatic carbocycles. The van der Waals surface area contributed by atoms with E-state index in [0.29, 0.717) is 0 Å². The lowest BCUT2D eigenvalue weighted by Crippen LogP contribution is -2.54. The lowest BCUT2D eigenvalue weighted by atomic mass is 9.73. The van der Waals surface area contributed by atoms with Crippen molar-refractivity contribution in [1.29, 1.82) is 0 Å². The van der Waals surface area contributed by atoms with Crippen LogP contribution in [0, 0.1) is 18.3 Å². The predicted octanol–water partition coefficient (Wildman–Crippen LogP) is 3.51. The Balaban J connectivity index is 1.94. The number of aryl methyl sites for hydroxylation is 1. The van der Waals surface area contributed by atoms with Crippen molar-refractivity contribution in [3.05, 3.63) is 29.6 Å². The summed E-state index contributed by atoms with van der Waals surface area (Å²) in [4.78, 5) is 17.9. The number of rotatable bonds is 2. The number of aromatic nitrogens is 1. The van der Waals surface area contributed by atoms with E-state index in [1.165, 1.54) is 4.90 Å². The van der Waals surface area contributed by atoms with Crippen LogP contribution < -0.4 is 5.32 Å². The zero-order chi connectivity index (χ0) is 17.3. The first-order valence-corrected chi connectivity index (χ1v) is 7.61. The molecule has 2 amide bonds. The van der Waals surface area contributed by atoms with Gasteiger partial charge in [-0.15, -0.1) is 0 Å². The Morgan fingerprint density at radius 3 is 2.70 bits per heavy atom. The van der Waals surface area contributed by atoms with Crippen molar-refractivity contribution in [2.45, 2.75) is 39.9 Å². The summed E-state index contributed by atoms with van der Waals surface area (Å²) in [6.45, 7) is 5.44. The molecule has 0 spiro atoms. The second-order valence-corrected chi connectivity index (χ2v) is 6.72. The van der Waals surface area contributed by atoms with Crippen LogP contribution in [-0.4, -0.2) is 35.2 Å². The maximum absolute atomic E-state index is 13.0. The van der Waals surface area contributed by atoms with Gasteiger partial charge in [-0.1, -0.05) is 19.9 Å². The fourth-order valence-electron chi connectivity index (χ4n) is 3.11. The average molecular weight is 329 g/mol. The highest BCUT2D eigenvalue weighted by Gasteiger charge is 2.51. The van der Waals surface area contributed by atoms with Gasteiger partial charge in [0.15, 0.2) is 0 Å². The van der Waals surface area contributed by atoms with E-state index in [2.05, 4.69) is 10.3 Å². The van der Waals surface area contributed by atoms with E-state index in [1.54, 1.807) is 19.9 Å². The minimum atomic E-state index is -4.22. The average Bonchev–Trinajstić information content (AvgIpc) is 2.42. The molecule has 1 saturated heterocycles. The van der Waals surface area contributed by atoms with Crippen molar-refractivity contribution in [2.75, 3.05) is 13.1 Å². The van der Waals surface area contributed by atoms with Crippen molar-refractivity contribution in [3.8, 4) is 0 Å². The minimum Gasteiger partial charge on any atom is -0.332 e. The van der Waals surface area contributed by atoms with E-state index in [0.717, 1.165) is 11.4 Å². The maximum Gasteiger partial charge on any atom is 0.392 e. The molecular weight excluding hydrogens is 307 g/mol. The number of amides is 2. The van der Waals surface area contributed by atoms with Gasteiger partial charge >= 0.3 is 12.2 Å². The van der Waals surface area contributed by atoms with Gasteiger partial charge in [0.05, 0.1) is 18.2 Å². The highest BCUT2D eigenvalue weighted by molar-refractivity contribution is 5.74. The van der Waals surface area contributed by atoms with Gasteiger partial charge in [-0.05, 0) is 30.9 Å². The van der Waals surface area contributed by atoms with Crippen molar-refractivity contribution in [3.63, 3.8) is 0 Å². The van der Waals surface area contributed by atoms with Crippen LogP contribution >= 0.6 is 0 Å². The Hall–Kier alpha value is -1.79. The SMILES string of the molecule is Cc1cccc(CNC(=O)N2CCC(C(F)(F)F)C(C)(C)C2)n1. The molecule has 0 aliphatic carbocycles. The zero-order valence-electron chi connectivity index (χ0n) is 13.6. The molecular formula is C16H22F3N3O. The Morgan fingerprint density at radius 1 is 1.43 bits per heavy atom. The van der Waals surface area contributed by atoms with Crippen LogP contribution in [0.15, 0.2) is 18.2 Å².